The number of carbonyl (C=O) groups is 2. The van der Waals surface area contributed by atoms with Crippen LogP contribution in [0.15, 0.2) is 12.2 Å². The first-order valence-electron chi connectivity index (χ1n) is 5.30. The number of hydrogen-bond donors (Lipinski definition) is 1. The van der Waals surface area contributed by atoms with Crippen LogP contribution in [-0.4, -0.2) is 56.3 Å². The molecular weight excluding hydrogens is 244 g/mol. The van der Waals surface area contributed by atoms with Crippen molar-refractivity contribution in [3.63, 3.8) is 0 Å². The molecule has 0 bridgehead atoms. The van der Waals surface area contributed by atoms with Crippen molar-refractivity contribution in [1.29, 1.82) is 0 Å². The predicted molar refractivity (Wildman–Crippen MR) is 63.1 cm³/mol. The van der Waals surface area contributed by atoms with Crippen molar-refractivity contribution in [3.05, 3.63) is 12.2 Å². The van der Waals surface area contributed by atoms with E-state index in [1.807, 2.05) is 0 Å². The molecule has 17 heavy (non-hydrogen) atoms. The fraction of sp³-hybridized carbons (Fsp3) is 0.600. The molecular formula is C10H16N2O4S. The molecule has 96 valence electrons. The van der Waals surface area contributed by atoms with Crippen LogP contribution in [0, 0.1) is 0 Å². The van der Waals surface area contributed by atoms with Gasteiger partial charge in [0.1, 0.15) is 5.75 Å². The lowest BCUT2D eigenvalue weighted by Gasteiger charge is -2.26. The van der Waals surface area contributed by atoms with Crippen LogP contribution in [-0.2, 0) is 19.4 Å². The summed E-state index contributed by atoms with van der Waals surface area (Å²) < 4.78 is 23.0. The molecule has 0 saturated carbocycles. The minimum Gasteiger partial charge on any atom is -0.353 e. The number of nitrogens with zero attached hydrogens (tertiary/aromatic N) is 1. The van der Waals surface area contributed by atoms with Gasteiger partial charge in [0.2, 0.25) is 11.8 Å². The smallest absolute Gasteiger partial charge is 0.239 e. The SMILES string of the molecule is CC=CCS(=O)(=O)CC(=O)N1CCNC(=O)C1. The molecule has 1 fully saturated rings. The summed E-state index contributed by atoms with van der Waals surface area (Å²) in [5.74, 6) is -1.44. The monoisotopic (exact) mass is 260 g/mol. The highest BCUT2D eigenvalue weighted by Gasteiger charge is 2.24. The molecule has 0 spiro atoms. The lowest BCUT2D eigenvalue weighted by molar-refractivity contribution is -0.136. The molecule has 6 nitrogen and oxygen atoms in total. The van der Waals surface area contributed by atoms with Crippen molar-refractivity contribution in [3.8, 4) is 0 Å². The van der Waals surface area contributed by atoms with Crippen LogP contribution >= 0.6 is 0 Å². The summed E-state index contributed by atoms with van der Waals surface area (Å²) in [6.07, 6.45) is 3.11. The normalized spacial score (nSPS) is 17.2. The second kappa shape index (κ2) is 5.81. The molecule has 1 N–H and O–H groups in total. The number of carbonyl (C=O) groups excluding carboxylic acids is 2. The third-order valence-electron chi connectivity index (χ3n) is 2.32. The standard InChI is InChI=1S/C10H16N2O4S/c1-2-3-6-17(15,16)8-10(14)12-5-4-11-9(13)7-12/h2-3H,4-8H2,1H3,(H,11,13). The Bertz CT molecular complexity index is 428. The average molecular weight is 260 g/mol. The summed E-state index contributed by atoms with van der Waals surface area (Å²) in [4.78, 5) is 24.0. The maximum atomic E-state index is 11.7. The minimum atomic E-state index is -3.42. The highest BCUT2D eigenvalue weighted by molar-refractivity contribution is 7.92. The summed E-state index contributed by atoms with van der Waals surface area (Å²) in [5, 5.41) is 2.57. The second-order valence-corrected chi connectivity index (χ2v) is 5.90. The van der Waals surface area contributed by atoms with Crippen LogP contribution in [0.1, 0.15) is 6.92 Å². The van der Waals surface area contributed by atoms with Gasteiger partial charge >= 0.3 is 0 Å². The molecule has 0 aromatic heterocycles. The molecule has 0 aliphatic carbocycles. The Balaban J connectivity index is 2.56. The van der Waals surface area contributed by atoms with Gasteiger partial charge in [-0.3, -0.25) is 9.59 Å². The van der Waals surface area contributed by atoms with Gasteiger partial charge in [-0.15, -0.1) is 0 Å². The predicted octanol–water partition coefficient (Wildman–Crippen LogP) is -1.06. The third kappa shape index (κ3) is 4.56. The van der Waals surface area contributed by atoms with Crippen LogP contribution in [0.25, 0.3) is 0 Å². The van der Waals surface area contributed by atoms with E-state index in [4.69, 9.17) is 0 Å². The number of rotatable bonds is 4. The van der Waals surface area contributed by atoms with Crippen molar-refractivity contribution >= 4 is 21.7 Å². The maximum absolute atomic E-state index is 11.7. The van der Waals surface area contributed by atoms with E-state index in [2.05, 4.69) is 5.32 Å². The number of allylic oxidation sites excluding steroid dienone is 1. The largest absolute Gasteiger partial charge is 0.353 e. The van der Waals surface area contributed by atoms with Gasteiger partial charge in [-0.05, 0) is 6.92 Å². The van der Waals surface area contributed by atoms with Crippen molar-refractivity contribution in [1.82, 2.24) is 10.2 Å². The van der Waals surface area contributed by atoms with Gasteiger partial charge in [0.05, 0.1) is 12.3 Å². The van der Waals surface area contributed by atoms with Gasteiger partial charge in [-0.2, -0.15) is 0 Å². The molecule has 0 radical (unpaired) electrons. The van der Waals surface area contributed by atoms with E-state index in [1.54, 1.807) is 13.0 Å². The average Bonchev–Trinajstić information content (AvgIpc) is 2.26. The topological polar surface area (TPSA) is 83.6 Å². The molecule has 1 saturated heterocycles. The highest BCUT2D eigenvalue weighted by atomic mass is 32.2. The van der Waals surface area contributed by atoms with Crippen LogP contribution in [0.3, 0.4) is 0 Å². The van der Waals surface area contributed by atoms with Crippen LogP contribution in [0.5, 0.6) is 0 Å². The Morgan fingerprint density at radius 2 is 2.24 bits per heavy atom. The first-order chi connectivity index (χ1) is 7.94. The molecule has 1 rings (SSSR count). The van der Waals surface area contributed by atoms with Crippen LogP contribution in [0.2, 0.25) is 0 Å². The molecule has 1 aliphatic heterocycles. The number of amides is 2. The first kappa shape index (κ1) is 13.7. The molecule has 0 atom stereocenters. The number of piperazine rings is 1. The van der Waals surface area contributed by atoms with Crippen molar-refractivity contribution < 1.29 is 18.0 Å². The molecule has 2 amide bonds. The van der Waals surface area contributed by atoms with E-state index in [1.165, 1.54) is 11.0 Å². The van der Waals surface area contributed by atoms with Gasteiger partial charge in [0.25, 0.3) is 0 Å². The van der Waals surface area contributed by atoms with Gasteiger partial charge in [0, 0.05) is 13.1 Å². The maximum Gasteiger partial charge on any atom is 0.239 e. The van der Waals surface area contributed by atoms with E-state index in [0.29, 0.717) is 13.1 Å². The van der Waals surface area contributed by atoms with Crippen molar-refractivity contribution in [2.75, 3.05) is 31.1 Å². The zero-order valence-corrected chi connectivity index (χ0v) is 10.5. The Hall–Kier alpha value is -1.37. The van der Waals surface area contributed by atoms with Gasteiger partial charge in [0.15, 0.2) is 9.84 Å². The Morgan fingerprint density at radius 3 is 2.82 bits per heavy atom. The summed E-state index contributed by atoms with van der Waals surface area (Å²) in [6.45, 7) is 2.40. The van der Waals surface area contributed by atoms with E-state index < -0.39 is 21.5 Å². The van der Waals surface area contributed by atoms with E-state index in [0.717, 1.165) is 0 Å². The Morgan fingerprint density at radius 1 is 1.53 bits per heavy atom. The lowest BCUT2D eigenvalue weighted by atomic mass is 10.3. The molecule has 1 heterocycles. The van der Waals surface area contributed by atoms with Crippen LogP contribution < -0.4 is 5.32 Å². The zero-order valence-electron chi connectivity index (χ0n) is 9.68. The molecule has 1 aliphatic rings. The minimum absolute atomic E-state index is 0.0576. The third-order valence-corrected chi connectivity index (χ3v) is 3.71. The van der Waals surface area contributed by atoms with E-state index in [-0.39, 0.29) is 18.2 Å². The lowest BCUT2D eigenvalue weighted by Crippen LogP contribution is -2.51. The Labute approximate surface area is 101 Å². The Kier molecular flexibility index (Phi) is 4.68. The van der Waals surface area contributed by atoms with E-state index in [9.17, 15) is 18.0 Å². The fourth-order valence-corrected chi connectivity index (χ4v) is 2.59. The van der Waals surface area contributed by atoms with Crippen LogP contribution in [0.4, 0.5) is 0 Å². The van der Waals surface area contributed by atoms with Gasteiger partial charge < -0.3 is 10.2 Å². The molecule has 0 aromatic carbocycles. The fourth-order valence-electron chi connectivity index (χ4n) is 1.43. The second-order valence-electron chi connectivity index (χ2n) is 3.79. The summed E-state index contributed by atoms with van der Waals surface area (Å²) in [7, 11) is -3.42. The summed E-state index contributed by atoms with van der Waals surface area (Å²) in [5.41, 5.74) is 0. The summed E-state index contributed by atoms with van der Waals surface area (Å²) in [6, 6.07) is 0. The van der Waals surface area contributed by atoms with E-state index >= 15 is 0 Å². The first-order valence-corrected chi connectivity index (χ1v) is 7.13. The van der Waals surface area contributed by atoms with Gasteiger partial charge in [-0.25, -0.2) is 8.42 Å². The molecule has 0 aromatic rings. The highest BCUT2D eigenvalue weighted by Crippen LogP contribution is 1.99. The number of hydrogen-bond acceptors (Lipinski definition) is 4. The number of nitrogens with one attached hydrogen (secondary N) is 1. The number of sulfone groups is 1. The quantitative estimate of drug-likeness (QED) is 0.653. The molecule has 0 unspecified atom stereocenters. The van der Waals surface area contributed by atoms with Crippen molar-refractivity contribution in [2.24, 2.45) is 0 Å². The van der Waals surface area contributed by atoms with Crippen molar-refractivity contribution in [2.45, 2.75) is 6.92 Å². The van der Waals surface area contributed by atoms with Gasteiger partial charge in [-0.1, -0.05) is 12.2 Å². The molecule has 7 heteroatoms. The zero-order chi connectivity index (χ0) is 12.9. The summed E-state index contributed by atoms with van der Waals surface area (Å²) >= 11 is 0.